The number of thiazole rings is 1. The third-order valence-electron chi connectivity index (χ3n) is 2.03. The van der Waals surface area contributed by atoms with Crippen LogP contribution in [0.15, 0.2) is 29.9 Å². The Bertz CT molecular complexity index is 309. The summed E-state index contributed by atoms with van der Waals surface area (Å²) in [6.07, 6.45) is 9.83. The molecule has 1 unspecified atom stereocenters. The van der Waals surface area contributed by atoms with Gasteiger partial charge in [-0.15, -0.1) is 11.3 Å². The molecular formula is C10H11NS. The summed E-state index contributed by atoms with van der Waals surface area (Å²) in [6, 6.07) is 0. The molecule has 0 fully saturated rings. The van der Waals surface area contributed by atoms with Crippen molar-refractivity contribution in [1.82, 2.24) is 4.98 Å². The third kappa shape index (κ3) is 1.48. The van der Waals surface area contributed by atoms with Gasteiger partial charge >= 0.3 is 0 Å². The van der Waals surface area contributed by atoms with Gasteiger partial charge in [-0.1, -0.05) is 25.2 Å². The summed E-state index contributed by atoms with van der Waals surface area (Å²) < 4.78 is 0. The molecule has 1 atom stereocenters. The fourth-order valence-electron chi connectivity index (χ4n) is 1.27. The van der Waals surface area contributed by atoms with Gasteiger partial charge in [-0.2, -0.15) is 0 Å². The summed E-state index contributed by atoms with van der Waals surface area (Å²) in [4.78, 5) is 5.34. The third-order valence-corrected chi connectivity index (χ3v) is 2.85. The van der Waals surface area contributed by atoms with E-state index in [1.54, 1.807) is 11.3 Å². The Kier molecular flexibility index (Phi) is 2.09. The normalized spacial score (nSPS) is 22.4. The van der Waals surface area contributed by atoms with Crippen LogP contribution in [0.25, 0.3) is 5.57 Å². The van der Waals surface area contributed by atoms with Gasteiger partial charge in [0.2, 0.25) is 0 Å². The van der Waals surface area contributed by atoms with Crippen LogP contribution in [0.3, 0.4) is 0 Å². The number of hydrogen-bond donors (Lipinski definition) is 0. The van der Waals surface area contributed by atoms with E-state index < -0.39 is 0 Å². The summed E-state index contributed by atoms with van der Waals surface area (Å²) in [5.74, 6) is 0.696. The highest BCUT2D eigenvalue weighted by atomic mass is 32.1. The number of nitrogens with zero attached hydrogens (tertiary/aromatic N) is 1. The number of hydrogen-bond acceptors (Lipinski definition) is 2. The molecule has 1 nitrogen and oxygen atoms in total. The van der Waals surface area contributed by atoms with Crippen molar-refractivity contribution in [1.29, 1.82) is 0 Å². The first kappa shape index (κ1) is 7.74. The molecule has 0 saturated heterocycles. The van der Waals surface area contributed by atoms with Crippen LogP contribution in [-0.2, 0) is 0 Å². The van der Waals surface area contributed by atoms with Crippen LogP contribution in [0.5, 0.6) is 0 Å². The van der Waals surface area contributed by atoms with E-state index in [1.165, 1.54) is 10.5 Å². The molecule has 0 aromatic carbocycles. The average molecular weight is 177 g/mol. The minimum absolute atomic E-state index is 0.696. The van der Waals surface area contributed by atoms with Gasteiger partial charge < -0.3 is 0 Å². The van der Waals surface area contributed by atoms with Gasteiger partial charge in [0.05, 0.1) is 10.4 Å². The van der Waals surface area contributed by atoms with Crippen LogP contribution in [0, 0.1) is 5.92 Å². The van der Waals surface area contributed by atoms with Gasteiger partial charge in [-0.3, -0.25) is 4.98 Å². The summed E-state index contributed by atoms with van der Waals surface area (Å²) in [7, 11) is 0. The van der Waals surface area contributed by atoms with Crippen LogP contribution in [0.4, 0.5) is 0 Å². The maximum absolute atomic E-state index is 4.06. The van der Waals surface area contributed by atoms with E-state index in [9.17, 15) is 0 Å². The number of allylic oxidation sites excluding steroid dienone is 4. The molecule has 0 N–H and O–H groups in total. The van der Waals surface area contributed by atoms with Crippen molar-refractivity contribution < 1.29 is 0 Å². The molecule has 2 heteroatoms. The molecule has 62 valence electrons. The highest BCUT2D eigenvalue weighted by Gasteiger charge is 2.05. The molecule has 1 aromatic rings. The number of aromatic nitrogens is 1. The molecule has 1 aliphatic carbocycles. The summed E-state index contributed by atoms with van der Waals surface area (Å²) in [5.41, 5.74) is 3.21. The zero-order valence-corrected chi connectivity index (χ0v) is 7.84. The fourth-order valence-corrected chi connectivity index (χ4v) is 1.91. The van der Waals surface area contributed by atoms with E-state index in [-0.39, 0.29) is 0 Å². The smallest absolute Gasteiger partial charge is 0.0797 e. The maximum Gasteiger partial charge on any atom is 0.0797 e. The Balaban J connectivity index is 2.23. The average Bonchev–Trinajstić information content (AvgIpc) is 2.58. The zero-order valence-electron chi connectivity index (χ0n) is 7.03. The molecule has 0 radical (unpaired) electrons. The first-order chi connectivity index (χ1) is 5.86. The van der Waals surface area contributed by atoms with E-state index >= 15 is 0 Å². The zero-order chi connectivity index (χ0) is 8.39. The lowest BCUT2D eigenvalue weighted by molar-refractivity contribution is 0.739. The molecule has 2 rings (SSSR count). The second-order valence-electron chi connectivity index (χ2n) is 3.10. The molecular weight excluding hydrogens is 166 g/mol. The van der Waals surface area contributed by atoms with Gasteiger partial charge in [-0.25, -0.2) is 0 Å². The summed E-state index contributed by atoms with van der Waals surface area (Å²) in [6.45, 7) is 2.23. The molecule has 0 amide bonds. The molecule has 1 aliphatic rings. The van der Waals surface area contributed by atoms with Crippen LogP contribution < -0.4 is 0 Å². The highest BCUT2D eigenvalue weighted by Crippen LogP contribution is 2.25. The maximum atomic E-state index is 4.06. The molecule has 0 spiro atoms. The predicted molar refractivity (Wildman–Crippen MR) is 53.0 cm³/mol. The second-order valence-corrected chi connectivity index (χ2v) is 3.98. The SMILES string of the molecule is CC1C=CC(c2cncs2)=CC1. The van der Waals surface area contributed by atoms with Crippen LogP contribution >= 0.6 is 11.3 Å². The number of rotatable bonds is 1. The highest BCUT2D eigenvalue weighted by molar-refractivity contribution is 7.10. The van der Waals surface area contributed by atoms with E-state index in [1.807, 2.05) is 11.7 Å². The van der Waals surface area contributed by atoms with Crippen molar-refractivity contribution in [3.05, 3.63) is 34.8 Å². The summed E-state index contributed by atoms with van der Waals surface area (Å²) >= 11 is 1.70. The molecule has 0 aliphatic heterocycles. The van der Waals surface area contributed by atoms with Crippen LogP contribution in [0.1, 0.15) is 18.2 Å². The molecule has 1 heterocycles. The van der Waals surface area contributed by atoms with Crippen LogP contribution in [0.2, 0.25) is 0 Å². The largest absolute Gasteiger partial charge is 0.252 e. The van der Waals surface area contributed by atoms with Gasteiger partial charge in [0.15, 0.2) is 0 Å². The van der Waals surface area contributed by atoms with Crippen molar-refractivity contribution >= 4 is 16.9 Å². The first-order valence-electron chi connectivity index (χ1n) is 4.13. The Morgan fingerprint density at radius 3 is 3.08 bits per heavy atom. The van der Waals surface area contributed by atoms with Crippen molar-refractivity contribution in [2.24, 2.45) is 5.92 Å². The molecule has 0 bridgehead atoms. The Hall–Kier alpha value is -0.890. The van der Waals surface area contributed by atoms with Gasteiger partial charge in [0.1, 0.15) is 0 Å². The Morgan fingerprint density at radius 2 is 2.50 bits per heavy atom. The van der Waals surface area contributed by atoms with Gasteiger partial charge in [-0.05, 0) is 17.9 Å². The lowest BCUT2D eigenvalue weighted by Gasteiger charge is -2.09. The van der Waals surface area contributed by atoms with Gasteiger partial charge in [0, 0.05) is 6.20 Å². The Labute approximate surface area is 76.5 Å². The standard InChI is InChI=1S/C10H11NS/c1-8-2-4-9(5-3-8)10-6-11-7-12-10/h2,4-8H,3H2,1H3. The molecule has 0 saturated carbocycles. The van der Waals surface area contributed by atoms with Crippen LogP contribution in [-0.4, -0.2) is 4.98 Å². The minimum atomic E-state index is 0.696. The molecule has 1 aromatic heterocycles. The van der Waals surface area contributed by atoms with Crippen molar-refractivity contribution in [3.8, 4) is 0 Å². The van der Waals surface area contributed by atoms with Crippen molar-refractivity contribution in [3.63, 3.8) is 0 Å². The molecule has 12 heavy (non-hydrogen) atoms. The first-order valence-corrected chi connectivity index (χ1v) is 5.01. The lowest BCUT2D eigenvalue weighted by Crippen LogP contribution is -1.92. The van der Waals surface area contributed by atoms with E-state index in [0.29, 0.717) is 5.92 Å². The van der Waals surface area contributed by atoms with E-state index in [4.69, 9.17) is 0 Å². The predicted octanol–water partition coefficient (Wildman–Crippen LogP) is 3.12. The van der Waals surface area contributed by atoms with Gasteiger partial charge in [0.25, 0.3) is 0 Å². The van der Waals surface area contributed by atoms with Crippen molar-refractivity contribution in [2.45, 2.75) is 13.3 Å². The quantitative estimate of drug-likeness (QED) is 0.642. The lowest BCUT2D eigenvalue weighted by atomic mass is 9.98. The Morgan fingerprint density at radius 1 is 1.58 bits per heavy atom. The van der Waals surface area contributed by atoms with Crippen molar-refractivity contribution in [2.75, 3.05) is 0 Å². The monoisotopic (exact) mass is 177 g/mol. The minimum Gasteiger partial charge on any atom is -0.252 e. The van der Waals surface area contributed by atoms with E-state index in [2.05, 4.69) is 30.1 Å². The topological polar surface area (TPSA) is 12.9 Å². The van der Waals surface area contributed by atoms with E-state index in [0.717, 1.165) is 6.42 Å². The summed E-state index contributed by atoms with van der Waals surface area (Å²) in [5, 5.41) is 0. The second kappa shape index (κ2) is 3.23. The fraction of sp³-hybridized carbons (Fsp3) is 0.300.